The van der Waals surface area contributed by atoms with Crippen molar-refractivity contribution in [3.63, 3.8) is 0 Å². The third-order valence-electron chi connectivity index (χ3n) is 5.76. The Hall–Kier alpha value is -1.03. The molecule has 0 aromatic carbocycles. The Labute approximate surface area is 149 Å². The maximum atomic E-state index is 9.36. The summed E-state index contributed by atoms with van der Waals surface area (Å²) in [4.78, 5) is 3.98. The second-order valence-corrected chi connectivity index (χ2v) is 7.92. The minimum Gasteiger partial charge on any atom is -0.396 e. The van der Waals surface area contributed by atoms with E-state index in [0.717, 1.165) is 12.8 Å². The molecule has 4 heteroatoms. The molecule has 0 rings (SSSR count). The van der Waals surface area contributed by atoms with E-state index in [1.807, 2.05) is 0 Å². The van der Waals surface area contributed by atoms with Gasteiger partial charge in [-0.25, -0.2) is 0 Å². The molecule has 0 saturated heterocycles. The molecular weight excluding hydrogens is 298 g/mol. The Morgan fingerprint density at radius 2 is 1.62 bits per heavy atom. The summed E-state index contributed by atoms with van der Waals surface area (Å²) in [6, 6.07) is 0. The van der Waals surface area contributed by atoms with Gasteiger partial charge in [-0.1, -0.05) is 66.0 Å². The molecular formula is C20H41N3O. The van der Waals surface area contributed by atoms with Crippen LogP contribution in [0.3, 0.4) is 0 Å². The highest BCUT2D eigenvalue weighted by Crippen LogP contribution is 2.43. The van der Waals surface area contributed by atoms with Gasteiger partial charge >= 0.3 is 0 Å². The largest absolute Gasteiger partial charge is 0.396 e. The standard InChI is InChI=1S/C20H41N3O/c1-6-19(4,7-2)16-20(5,8-3)13-11-9-10-12-17(15-24)14-23-18(21)22/h9-10,17,24H,6-8,11-16H2,1-5H3,(H4,21,22,23). The molecule has 0 radical (unpaired) electrons. The predicted octanol–water partition coefficient (Wildman–Crippen LogP) is 4.23. The van der Waals surface area contributed by atoms with Gasteiger partial charge in [0.25, 0.3) is 0 Å². The molecule has 24 heavy (non-hydrogen) atoms. The van der Waals surface area contributed by atoms with E-state index < -0.39 is 0 Å². The van der Waals surface area contributed by atoms with Crippen molar-refractivity contribution in [3.05, 3.63) is 12.2 Å². The topological polar surface area (TPSA) is 84.6 Å². The molecule has 0 heterocycles. The van der Waals surface area contributed by atoms with E-state index in [1.165, 1.54) is 32.1 Å². The maximum absolute atomic E-state index is 9.36. The fraction of sp³-hybridized carbons (Fsp3) is 0.850. The average molecular weight is 340 g/mol. The minimum atomic E-state index is 0.0889. The van der Waals surface area contributed by atoms with Gasteiger partial charge in [0.2, 0.25) is 0 Å². The van der Waals surface area contributed by atoms with Crippen molar-refractivity contribution in [1.29, 1.82) is 0 Å². The first kappa shape index (κ1) is 23.0. The van der Waals surface area contributed by atoms with Crippen LogP contribution in [0.25, 0.3) is 0 Å². The monoisotopic (exact) mass is 339 g/mol. The molecule has 0 fully saturated rings. The number of guanidine groups is 1. The number of hydrogen-bond acceptors (Lipinski definition) is 2. The van der Waals surface area contributed by atoms with Crippen LogP contribution in [0.4, 0.5) is 0 Å². The first-order valence-electron chi connectivity index (χ1n) is 9.55. The third-order valence-corrected chi connectivity index (χ3v) is 5.76. The van der Waals surface area contributed by atoms with E-state index in [-0.39, 0.29) is 18.5 Å². The lowest BCUT2D eigenvalue weighted by Crippen LogP contribution is -2.26. The van der Waals surface area contributed by atoms with E-state index in [1.54, 1.807) is 0 Å². The van der Waals surface area contributed by atoms with Gasteiger partial charge in [-0.05, 0) is 36.5 Å². The van der Waals surface area contributed by atoms with Crippen molar-refractivity contribution < 1.29 is 5.11 Å². The van der Waals surface area contributed by atoms with Gasteiger partial charge in [-0.15, -0.1) is 0 Å². The fourth-order valence-electron chi connectivity index (χ4n) is 3.20. The molecule has 0 aromatic heterocycles. The van der Waals surface area contributed by atoms with Crippen LogP contribution in [-0.4, -0.2) is 24.2 Å². The zero-order valence-electron chi connectivity index (χ0n) is 16.6. The Kier molecular flexibility index (Phi) is 11.0. The van der Waals surface area contributed by atoms with Gasteiger partial charge in [0.1, 0.15) is 0 Å². The number of allylic oxidation sites excluding steroid dienone is 2. The van der Waals surface area contributed by atoms with E-state index in [0.29, 0.717) is 17.4 Å². The van der Waals surface area contributed by atoms with Crippen LogP contribution >= 0.6 is 0 Å². The van der Waals surface area contributed by atoms with Gasteiger partial charge in [-0.2, -0.15) is 0 Å². The Morgan fingerprint density at radius 1 is 1.04 bits per heavy atom. The van der Waals surface area contributed by atoms with Crippen molar-refractivity contribution >= 4 is 5.96 Å². The summed E-state index contributed by atoms with van der Waals surface area (Å²) in [5, 5.41) is 9.36. The van der Waals surface area contributed by atoms with E-state index in [9.17, 15) is 5.11 Å². The summed E-state index contributed by atoms with van der Waals surface area (Å²) in [5.41, 5.74) is 11.5. The van der Waals surface area contributed by atoms with Gasteiger partial charge < -0.3 is 16.6 Å². The highest BCUT2D eigenvalue weighted by atomic mass is 16.3. The molecule has 0 amide bonds. The Balaban J connectivity index is 4.41. The Bertz CT molecular complexity index is 384. The lowest BCUT2D eigenvalue weighted by atomic mass is 9.67. The molecule has 0 aromatic rings. The number of hydrogen-bond donors (Lipinski definition) is 3. The van der Waals surface area contributed by atoms with Gasteiger partial charge in [-0.3, -0.25) is 4.99 Å². The quantitative estimate of drug-likeness (QED) is 0.267. The molecule has 5 N–H and O–H groups in total. The van der Waals surface area contributed by atoms with Crippen LogP contribution in [0.2, 0.25) is 0 Å². The smallest absolute Gasteiger partial charge is 0.185 e. The molecule has 0 aliphatic heterocycles. The molecule has 0 spiro atoms. The summed E-state index contributed by atoms with van der Waals surface area (Å²) < 4.78 is 0. The highest BCUT2D eigenvalue weighted by Gasteiger charge is 2.31. The molecule has 2 atom stereocenters. The van der Waals surface area contributed by atoms with Gasteiger partial charge in [0.15, 0.2) is 5.96 Å². The second-order valence-electron chi connectivity index (χ2n) is 7.92. The van der Waals surface area contributed by atoms with Crippen LogP contribution in [0.15, 0.2) is 17.1 Å². The van der Waals surface area contributed by atoms with Crippen LogP contribution in [0.5, 0.6) is 0 Å². The first-order chi connectivity index (χ1) is 11.2. The van der Waals surface area contributed by atoms with Crippen LogP contribution in [-0.2, 0) is 0 Å². The second kappa shape index (κ2) is 11.5. The molecule has 0 saturated carbocycles. The summed E-state index contributed by atoms with van der Waals surface area (Å²) in [5.74, 6) is 0.190. The number of aliphatic hydroxyl groups is 1. The molecule has 0 aliphatic rings. The zero-order valence-corrected chi connectivity index (χ0v) is 16.6. The van der Waals surface area contributed by atoms with Crippen molar-refractivity contribution in [2.75, 3.05) is 13.2 Å². The van der Waals surface area contributed by atoms with Crippen LogP contribution in [0.1, 0.15) is 79.6 Å². The maximum Gasteiger partial charge on any atom is 0.185 e. The zero-order chi connectivity index (χ0) is 18.6. The summed E-state index contributed by atoms with van der Waals surface area (Å²) >= 11 is 0. The molecule has 2 unspecified atom stereocenters. The first-order valence-corrected chi connectivity index (χ1v) is 9.55. The van der Waals surface area contributed by atoms with Crippen LogP contribution in [0, 0.1) is 16.7 Å². The number of nitrogens with zero attached hydrogens (tertiary/aromatic N) is 1. The predicted molar refractivity (Wildman–Crippen MR) is 106 cm³/mol. The molecule has 0 aliphatic carbocycles. The molecule has 4 nitrogen and oxygen atoms in total. The van der Waals surface area contributed by atoms with E-state index in [2.05, 4.69) is 51.8 Å². The number of nitrogens with two attached hydrogens (primary N) is 2. The van der Waals surface area contributed by atoms with Crippen molar-refractivity contribution in [1.82, 2.24) is 0 Å². The normalized spacial score (nSPS) is 16.1. The summed E-state index contributed by atoms with van der Waals surface area (Å²) in [6.07, 6.45) is 12.6. The lowest BCUT2D eigenvalue weighted by Gasteiger charge is -2.38. The summed E-state index contributed by atoms with van der Waals surface area (Å²) in [6.45, 7) is 12.4. The molecule has 0 bridgehead atoms. The number of rotatable bonds is 13. The van der Waals surface area contributed by atoms with E-state index >= 15 is 0 Å². The fourth-order valence-corrected chi connectivity index (χ4v) is 3.20. The highest BCUT2D eigenvalue weighted by molar-refractivity contribution is 5.75. The van der Waals surface area contributed by atoms with Crippen molar-refractivity contribution in [2.45, 2.75) is 79.6 Å². The summed E-state index contributed by atoms with van der Waals surface area (Å²) in [7, 11) is 0. The third kappa shape index (κ3) is 9.31. The van der Waals surface area contributed by atoms with E-state index in [4.69, 9.17) is 11.5 Å². The number of aliphatic hydroxyl groups excluding tert-OH is 1. The Morgan fingerprint density at radius 3 is 2.08 bits per heavy atom. The van der Waals surface area contributed by atoms with Gasteiger partial charge in [0.05, 0.1) is 0 Å². The molecule has 142 valence electrons. The van der Waals surface area contributed by atoms with Crippen LogP contribution < -0.4 is 11.5 Å². The van der Waals surface area contributed by atoms with Crippen molar-refractivity contribution in [3.8, 4) is 0 Å². The lowest BCUT2D eigenvalue weighted by molar-refractivity contribution is 0.134. The van der Waals surface area contributed by atoms with Gasteiger partial charge in [0, 0.05) is 19.1 Å². The van der Waals surface area contributed by atoms with Crippen molar-refractivity contribution in [2.24, 2.45) is 33.2 Å². The average Bonchev–Trinajstić information content (AvgIpc) is 2.57. The number of aliphatic imine (C=N–C) groups is 1. The minimum absolute atomic E-state index is 0.0889. The SMILES string of the molecule is CCC(C)(CC)CC(C)(CC)CCC=CCC(CO)CN=C(N)N.